The number of hydrogen-bond donors (Lipinski definition) is 4. The number of carbonyl (C=O) groups is 1. The molecule has 1 saturated carbocycles. The van der Waals surface area contributed by atoms with Gasteiger partial charge in [-0.1, -0.05) is 49.2 Å². The Morgan fingerprint density at radius 1 is 1.11 bits per heavy atom. The summed E-state index contributed by atoms with van der Waals surface area (Å²) in [5.41, 5.74) is 9.08. The molecule has 4 rings (SSSR count). The summed E-state index contributed by atoms with van der Waals surface area (Å²) < 4.78 is 16.6. The van der Waals surface area contributed by atoms with Crippen molar-refractivity contribution in [1.29, 1.82) is 0 Å². The molecule has 9 heteroatoms. The van der Waals surface area contributed by atoms with Gasteiger partial charge in [0.05, 0.1) is 19.8 Å². The standard InChI is InChI=1S/C29H41BN2O6/c1-2-37-28(33)29(31,14-3-4-15-30(34)35)24-17-25(18-24)32-19-21-5-7-22(8-6-21)23-9-11-26(12-10-23)38-27-13-16-36-20-27/h5-12,24-25,27,32,34-35H,2-4,13-20,31H2,1H3/t24-,25+,27?,29?. The van der Waals surface area contributed by atoms with Crippen LogP contribution >= 0.6 is 0 Å². The van der Waals surface area contributed by atoms with Gasteiger partial charge >= 0.3 is 13.1 Å². The van der Waals surface area contributed by atoms with Crippen molar-refractivity contribution < 1.29 is 29.1 Å². The van der Waals surface area contributed by atoms with Crippen LogP contribution in [-0.4, -0.2) is 60.6 Å². The highest BCUT2D eigenvalue weighted by Crippen LogP contribution is 2.39. The molecule has 2 aliphatic rings. The Hall–Kier alpha value is -2.43. The monoisotopic (exact) mass is 524 g/mol. The maximum absolute atomic E-state index is 12.7. The molecule has 0 amide bonds. The van der Waals surface area contributed by atoms with E-state index in [1.54, 1.807) is 6.92 Å². The molecule has 1 saturated heterocycles. The first-order valence-electron chi connectivity index (χ1n) is 13.9. The first kappa shape index (κ1) is 28.6. The first-order chi connectivity index (χ1) is 18.4. The summed E-state index contributed by atoms with van der Waals surface area (Å²) in [5, 5.41) is 21.7. The predicted octanol–water partition coefficient (Wildman–Crippen LogP) is 3.29. The summed E-state index contributed by atoms with van der Waals surface area (Å²) in [5.74, 6) is 0.571. The summed E-state index contributed by atoms with van der Waals surface area (Å²) >= 11 is 0. The molecule has 2 aromatic rings. The van der Waals surface area contributed by atoms with Gasteiger partial charge in [0.15, 0.2) is 0 Å². The predicted molar refractivity (Wildman–Crippen MR) is 147 cm³/mol. The Morgan fingerprint density at radius 2 is 1.79 bits per heavy atom. The molecule has 206 valence electrons. The van der Waals surface area contributed by atoms with E-state index in [0.717, 1.165) is 49.3 Å². The average Bonchev–Trinajstić information content (AvgIpc) is 3.40. The van der Waals surface area contributed by atoms with Crippen LogP contribution in [0, 0.1) is 5.92 Å². The van der Waals surface area contributed by atoms with Crippen LogP contribution in [0.1, 0.15) is 51.0 Å². The van der Waals surface area contributed by atoms with E-state index in [0.29, 0.717) is 38.5 Å². The van der Waals surface area contributed by atoms with Crippen molar-refractivity contribution in [3.63, 3.8) is 0 Å². The summed E-state index contributed by atoms with van der Waals surface area (Å²) in [6.45, 7) is 4.26. The molecule has 2 fully saturated rings. The lowest BCUT2D eigenvalue weighted by molar-refractivity contribution is -0.154. The molecule has 0 bridgehead atoms. The molecule has 38 heavy (non-hydrogen) atoms. The van der Waals surface area contributed by atoms with Gasteiger partial charge in [-0.05, 0) is 67.2 Å². The number of hydrogen-bond acceptors (Lipinski definition) is 8. The number of esters is 1. The normalized spacial score (nSPS) is 22.4. The lowest BCUT2D eigenvalue weighted by atomic mass is 9.66. The highest BCUT2D eigenvalue weighted by molar-refractivity contribution is 6.40. The van der Waals surface area contributed by atoms with Gasteiger partial charge in [0.1, 0.15) is 17.4 Å². The van der Waals surface area contributed by atoms with Crippen molar-refractivity contribution in [1.82, 2.24) is 5.32 Å². The summed E-state index contributed by atoms with van der Waals surface area (Å²) in [6.07, 6.45) is 4.75. The van der Waals surface area contributed by atoms with E-state index < -0.39 is 12.7 Å². The summed E-state index contributed by atoms with van der Waals surface area (Å²) in [6, 6.07) is 17.0. The number of ether oxygens (including phenoxy) is 3. The highest BCUT2D eigenvalue weighted by atomic mass is 16.5. The molecule has 5 N–H and O–H groups in total. The first-order valence-corrected chi connectivity index (χ1v) is 13.9. The smallest absolute Gasteiger partial charge is 0.451 e. The second kappa shape index (κ2) is 13.6. The SMILES string of the molecule is CCOC(=O)C(N)(CCCCB(O)O)[C@H]1C[C@@H](NCc2ccc(-c3ccc(OC4CCOC4)cc3)cc2)C1. The minimum atomic E-state index is -1.33. The number of benzene rings is 2. The quantitative estimate of drug-likeness (QED) is 0.169. The molecule has 0 radical (unpaired) electrons. The molecule has 1 heterocycles. The Bertz CT molecular complexity index is 1010. The van der Waals surface area contributed by atoms with Crippen LogP contribution in [0.4, 0.5) is 0 Å². The maximum atomic E-state index is 12.7. The fourth-order valence-corrected chi connectivity index (χ4v) is 5.29. The molecule has 0 spiro atoms. The lowest BCUT2D eigenvalue weighted by Gasteiger charge is -2.45. The number of rotatable bonds is 14. The van der Waals surface area contributed by atoms with Crippen LogP contribution in [0.5, 0.6) is 5.75 Å². The second-order valence-corrected chi connectivity index (χ2v) is 10.6. The van der Waals surface area contributed by atoms with Crippen LogP contribution in [-0.2, 0) is 20.8 Å². The Labute approximate surface area is 226 Å². The Kier molecular flexibility index (Phi) is 10.2. The molecule has 1 aliphatic heterocycles. The minimum absolute atomic E-state index is 0.0497. The molecule has 2 unspecified atom stereocenters. The largest absolute Gasteiger partial charge is 0.488 e. The third-order valence-electron chi connectivity index (χ3n) is 7.75. The molecule has 8 nitrogen and oxygen atoms in total. The van der Waals surface area contributed by atoms with Gasteiger partial charge in [0.2, 0.25) is 0 Å². The number of nitrogens with one attached hydrogen (secondary N) is 1. The molecule has 0 aromatic heterocycles. The van der Waals surface area contributed by atoms with Crippen LogP contribution in [0.2, 0.25) is 6.32 Å². The van der Waals surface area contributed by atoms with Crippen molar-refractivity contribution >= 4 is 13.1 Å². The van der Waals surface area contributed by atoms with Crippen LogP contribution in [0.25, 0.3) is 11.1 Å². The van der Waals surface area contributed by atoms with Crippen molar-refractivity contribution in [2.75, 3.05) is 19.8 Å². The van der Waals surface area contributed by atoms with E-state index in [1.165, 1.54) is 5.56 Å². The summed E-state index contributed by atoms with van der Waals surface area (Å²) in [4.78, 5) is 12.7. The van der Waals surface area contributed by atoms with Crippen LogP contribution < -0.4 is 15.8 Å². The van der Waals surface area contributed by atoms with Crippen LogP contribution in [0.3, 0.4) is 0 Å². The van der Waals surface area contributed by atoms with Gasteiger partial charge in [-0.2, -0.15) is 0 Å². The van der Waals surface area contributed by atoms with Crippen molar-refractivity contribution in [2.45, 2.75) is 76.0 Å². The number of unbranched alkanes of at least 4 members (excludes halogenated alkanes) is 1. The van der Waals surface area contributed by atoms with Crippen molar-refractivity contribution in [3.05, 3.63) is 54.1 Å². The third kappa shape index (κ3) is 7.58. The third-order valence-corrected chi connectivity index (χ3v) is 7.75. The van der Waals surface area contributed by atoms with Gasteiger partial charge in [0, 0.05) is 19.0 Å². The van der Waals surface area contributed by atoms with E-state index in [1.807, 2.05) is 12.1 Å². The van der Waals surface area contributed by atoms with Crippen LogP contribution in [0.15, 0.2) is 48.5 Å². The minimum Gasteiger partial charge on any atom is -0.488 e. The van der Waals surface area contributed by atoms with Gasteiger partial charge in [-0.3, -0.25) is 4.79 Å². The zero-order valence-electron chi connectivity index (χ0n) is 22.3. The lowest BCUT2D eigenvalue weighted by Crippen LogP contribution is -2.61. The molecular formula is C29H41BN2O6. The summed E-state index contributed by atoms with van der Waals surface area (Å²) in [7, 11) is -1.33. The molecule has 2 aromatic carbocycles. The van der Waals surface area contributed by atoms with Gasteiger partial charge < -0.3 is 35.3 Å². The number of carbonyl (C=O) groups excluding carboxylic acids is 1. The van der Waals surface area contributed by atoms with Gasteiger partial charge in [-0.15, -0.1) is 0 Å². The zero-order chi connectivity index (χ0) is 27.0. The maximum Gasteiger partial charge on any atom is 0.451 e. The Morgan fingerprint density at radius 3 is 2.39 bits per heavy atom. The van der Waals surface area contributed by atoms with E-state index in [2.05, 4.69) is 41.7 Å². The topological polar surface area (TPSA) is 123 Å². The van der Waals surface area contributed by atoms with E-state index in [4.69, 9.17) is 30.0 Å². The van der Waals surface area contributed by atoms with Gasteiger partial charge in [-0.25, -0.2) is 0 Å². The fraction of sp³-hybridized carbons (Fsp3) is 0.552. The highest BCUT2D eigenvalue weighted by Gasteiger charge is 2.48. The van der Waals surface area contributed by atoms with Crippen molar-refractivity contribution in [2.24, 2.45) is 11.7 Å². The van der Waals surface area contributed by atoms with Gasteiger partial charge in [0.25, 0.3) is 0 Å². The Balaban J connectivity index is 1.23. The second-order valence-electron chi connectivity index (χ2n) is 10.6. The van der Waals surface area contributed by atoms with E-state index in [-0.39, 0.29) is 24.3 Å². The zero-order valence-corrected chi connectivity index (χ0v) is 22.3. The van der Waals surface area contributed by atoms with E-state index >= 15 is 0 Å². The number of nitrogens with two attached hydrogens (primary N) is 1. The fourth-order valence-electron chi connectivity index (χ4n) is 5.29. The van der Waals surface area contributed by atoms with Crippen molar-refractivity contribution in [3.8, 4) is 16.9 Å². The molecular weight excluding hydrogens is 483 g/mol. The molecule has 2 atom stereocenters. The average molecular weight is 524 g/mol. The molecule has 1 aliphatic carbocycles. The van der Waals surface area contributed by atoms with E-state index in [9.17, 15) is 4.79 Å².